The molecule has 4 nitrogen and oxygen atoms in total. The quantitative estimate of drug-likeness (QED) is 0.620. The molecule has 0 radical (unpaired) electrons. The summed E-state index contributed by atoms with van der Waals surface area (Å²) < 4.78 is 0. The number of hydrogen-bond acceptors (Lipinski definition) is 2. The Labute approximate surface area is 185 Å². The summed E-state index contributed by atoms with van der Waals surface area (Å²) in [6.07, 6.45) is 0.413. The lowest BCUT2D eigenvalue weighted by molar-refractivity contribution is -0.898. The minimum absolute atomic E-state index is 0.0336. The van der Waals surface area contributed by atoms with Crippen LogP contribution in [0.25, 0.3) is 0 Å². The van der Waals surface area contributed by atoms with Crippen molar-refractivity contribution in [2.24, 2.45) is 0 Å². The van der Waals surface area contributed by atoms with E-state index in [0.29, 0.717) is 6.42 Å². The average Bonchev–Trinajstić information content (AvgIpc) is 2.84. The Morgan fingerprint density at radius 3 is 2.00 bits per heavy atom. The molecule has 3 aromatic carbocycles. The van der Waals surface area contributed by atoms with Crippen molar-refractivity contribution >= 4 is 17.3 Å². The fraction of sp³-hybridized carbons (Fsp3) is 0.296. The molecule has 0 aliphatic carbocycles. The maximum absolute atomic E-state index is 13.2. The predicted molar refractivity (Wildman–Crippen MR) is 128 cm³/mol. The van der Waals surface area contributed by atoms with Crippen molar-refractivity contribution in [2.75, 3.05) is 42.9 Å². The van der Waals surface area contributed by atoms with Gasteiger partial charge in [-0.2, -0.15) is 0 Å². The lowest BCUT2D eigenvalue weighted by atomic mass is 9.88. The average molecular weight is 415 g/mol. The summed E-state index contributed by atoms with van der Waals surface area (Å²) in [4.78, 5) is 17.2. The number of anilines is 2. The number of piperazine rings is 1. The normalized spacial score (nSPS) is 14.6. The van der Waals surface area contributed by atoms with Crippen molar-refractivity contribution < 1.29 is 9.69 Å². The van der Waals surface area contributed by atoms with E-state index in [1.807, 2.05) is 48.5 Å². The third-order valence-corrected chi connectivity index (χ3v) is 6.28. The highest BCUT2D eigenvalue weighted by Crippen LogP contribution is 2.30. The zero-order valence-electron chi connectivity index (χ0n) is 18.3. The number of nitrogens with one attached hydrogen (secondary N) is 2. The molecular weight excluding hydrogens is 382 g/mol. The van der Waals surface area contributed by atoms with Gasteiger partial charge in [0.15, 0.2) is 0 Å². The molecule has 1 aliphatic heterocycles. The van der Waals surface area contributed by atoms with Crippen molar-refractivity contribution in [1.29, 1.82) is 0 Å². The molecule has 1 fully saturated rings. The van der Waals surface area contributed by atoms with Gasteiger partial charge in [0.05, 0.1) is 44.1 Å². The summed E-state index contributed by atoms with van der Waals surface area (Å²) in [5.41, 5.74) is 4.36. The summed E-state index contributed by atoms with van der Waals surface area (Å²) in [5.74, 6) is 0.0780. The van der Waals surface area contributed by atoms with Crippen molar-refractivity contribution in [1.82, 2.24) is 0 Å². The van der Waals surface area contributed by atoms with E-state index in [1.54, 1.807) is 4.90 Å². The van der Waals surface area contributed by atoms with Crippen LogP contribution in [-0.2, 0) is 4.79 Å². The molecule has 1 heterocycles. The zero-order valence-corrected chi connectivity index (χ0v) is 18.3. The Morgan fingerprint density at radius 1 is 0.871 bits per heavy atom. The van der Waals surface area contributed by atoms with E-state index in [2.05, 4.69) is 53.5 Å². The number of quaternary nitrogens is 1. The van der Waals surface area contributed by atoms with E-state index >= 15 is 0 Å². The second kappa shape index (κ2) is 10.3. The maximum atomic E-state index is 13.2. The zero-order chi connectivity index (χ0) is 21.5. The molecule has 0 saturated carbocycles. The summed E-state index contributed by atoms with van der Waals surface area (Å²) >= 11 is 0. The number of likely N-dealkylation sites (N-methyl/N-ethyl adjacent to an activating group) is 1. The molecule has 1 saturated heterocycles. The predicted octanol–water partition coefficient (Wildman–Crippen LogP) is 3.57. The van der Waals surface area contributed by atoms with Crippen molar-refractivity contribution in [3.05, 3.63) is 96.1 Å². The molecule has 31 heavy (non-hydrogen) atoms. The Kier molecular flexibility index (Phi) is 7.00. The Bertz CT molecular complexity index is 927. The minimum atomic E-state index is 0.0336. The molecule has 0 unspecified atom stereocenters. The number of rotatable bonds is 7. The van der Waals surface area contributed by atoms with Gasteiger partial charge in [0, 0.05) is 12.3 Å². The molecule has 4 heteroatoms. The summed E-state index contributed by atoms with van der Waals surface area (Å²) in [5, 5.41) is 3.22. The van der Waals surface area contributed by atoms with Gasteiger partial charge >= 0.3 is 0 Å². The van der Waals surface area contributed by atoms with Gasteiger partial charge in [-0.3, -0.25) is 4.79 Å². The summed E-state index contributed by atoms with van der Waals surface area (Å²) in [7, 11) is 0. The third kappa shape index (κ3) is 5.33. The van der Waals surface area contributed by atoms with Gasteiger partial charge in [-0.05, 0) is 30.2 Å². The molecule has 0 aromatic heterocycles. The molecule has 0 bridgehead atoms. The first-order valence-electron chi connectivity index (χ1n) is 11.3. The second-order valence-electron chi connectivity index (χ2n) is 8.23. The summed E-state index contributed by atoms with van der Waals surface area (Å²) in [6, 6.07) is 28.8. The van der Waals surface area contributed by atoms with E-state index < -0.39 is 0 Å². The number of para-hydroxylation sites is 2. The number of benzene rings is 3. The molecule has 0 atom stereocenters. The van der Waals surface area contributed by atoms with E-state index in [1.165, 1.54) is 6.54 Å². The molecule has 1 amide bonds. The van der Waals surface area contributed by atoms with E-state index in [-0.39, 0.29) is 11.8 Å². The Balaban J connectivity index is 1.50. The molecule has 2 N–H and O–H groups in total. The highest BCUT2D eigenvalue weighted by atomic mass is 16.1. The topological polar surface area (TPSA) is 36.8 Å². The lowest BCUT2D eigenvalue weighted by Crippen LogP contribution is -3.14. The SMILES string of the molecule is CC[NH+]1CCN(c2ccccc2NC(=O)CC(c2ccccc2)c2ccccc2)CC1. The van der Waals surface area contributed by atoms with Crippen LogP contribution in [-0.4, -0.2) is 38.6 Å². The van der Waals surface area contributed by atoms with Crippen LogP contribution in [0.2, 0.25) is 0 Å². The Morgan fingerprint density at radius 2 is 1.42 bits per heavy atom. The number of amides is 1. The van der Waals surface area contributed by atoms with Gasteiger partial charge in [-0.15, -0.1) is 0 Å². The first-order chi connectivity index (χ1) is 15.2. The minimum Gasteiger partial charge on any atom is -0.359 e. The molecule has 3 aromatic rings. The number of hydrogen-bond donors (Lipinski definition) is 2. The van der Waals surface area contributed by atoms with Crippen LogP contribution < -0.4 is 15.1 Å². The van der Waals surface area contributed by atoms with Crippen LogP contribution >= 0.6 is 0 Å². The van der Waals surface area contributed by atoms with Crippen molar-refractivity contribution in [3.63, 3.8) is 0 Å². The van der Waals surface area contributed by atoms with Crippen LogP contribution in [0.5, 0.6) is 0 Å². The van der Waals surface area contributed by atoms with Crippen LogP contribution in [0.4, 0.5) is 11.4 Å². The molecule has 160 valence electrons. The fourth-order valence-corrected chi connectivity index (χ4v) is 4.46. The van der Waals surface area contributed by atoms with Crippen molar-refractivity contribution in [3.8, 4) is 0 Å². The molecular formula is C27H32N3O+. The maximum Gasteiger partial charge on any atom is 0.225 e. The monoisotopic (exact) mass is 414 g/mol. The number of carbonyl (C=O) groups excluding carboxylic acids is 1. The van der Waals surface area contributed by atoms with Gasteiger partial charge < -0.3 is 15.1 Å². The van der Waals surface area contributed by atoms with E-state index in [0.717, 1.165) is 48.7 Å². The largest absolute Gasteiger partial charge is 0.359 e. The van der Waals surface area contributed by atoms with E-state index in [4.69, 9.17) is 0 Å². The van der Waals surface area contributed by atoms with Crippen molar-refractivity contribution in [2.45, 2.75) is 19.3 Å². The van der Waals surface area contributed by atoms with Gasteiger partial charge in [0.1, 0.15) is 0 Å². The standard InChI is InChI=1S/C27H31N3O/c1-2-29-17-19-30(20-18-29)26-16-10-9-15-25(26)28-27(31)21-24(22-11-5-3-6-12-22)23-13-7-4-8-14-23/h3-16,24H,2,17-21H2,1H3,(H,28,31)/p+1. The first kappa shape index (κ1) is 21.1. The van der Waals surface area contributed by atoms with Crippen LogP contribution in [0, 0.1) is 0 Å². The fourth-order valence-electron chi connectivity index (χ4n) is 4.46. The molecule has 1 aliphatic rings. The van der Waals surface area contributed by atoms with Gasteiger partial charge in [-0.25, -0.2) is 0 Å². The smallest absolute Gasteiger partial charge is 0.225 e. The lowest BCUT2D eigenvalue weighted by Gasteiger charge is -2.34. The number of nitrogens with zero attached hydrogens (tertiary/aromatic N) is 1. The Hall–Kier alpha value is -3.11. The van der Waals surface area contributed by atoms with Gasteiger partial charge in [0.2, 0.25) is 5.91 Å². The van der Waals surface area contributed by atoms with Crippen LogP contribution in [0.15, 0.2) is 84.9 Å². The third-order valence-electron chi connectivity index (χ3n) is 6.28. The molecule has 4 rings (SSSR count). The number of carbonyl (C=O) groups is 1. The second-order valence-corrected chi connectivity index (χ2v) is 8.23. The highest BCUT2D eigenvalue weighted by molar-refractivity contribution is 5.95. The van der Waals surface area contributed by atoms with Gasteiger partial charge in [-0.1, -0.05) is 72.8 Å². The van der Waals surface area contributed by atoms with Crippen LogP contribution in [0.1, 0.15) is 30.4 Å². The summed E-state index contributed by atoms with van der Waals surface area (Å²) in [6.45, 7) is 7.74. The van der Waals surface area contributed by atoms with Gasteiger partial charge in [0.25, 0.3) is 0 Å². The first-order valence-corrected chi connectivity index (χ1v) is 11.3. The molecule has 0 spiro atoms. The highest BCUT2D eigenvalue weighted by Gasteiger charge is 2.22. The van der Waals surface area contributed by atoms with Crippen LogP contribution in [0.3, 0.4) is 0 Å². The van der Waals surface area contributed by atoms with E-state index in [9.17, 15) is 4.79 Å².